The number of ether oxygens (including phenoxy) is 2. The third kappa shape index (κ3) is 5.71. The highest BCUT2D eigenvalue weighted by Gasteiger charge is 2.56. The molecule has 0 heterocycles. The number of aliphatic hydroxyl groups excluding tert-OH is 1. The fourth-order valence-electron chi connectivity index (χ4n) is 3.63. The van der Waals surface area contributed by atoms with Crippen molar-refractivity contribution < 1.29 is 36.2 Å². The van der Waals surface area contributed by atoms with Crippen LogP contribution in [0.15, 0.2) is 24.3 Å². The Morgan fingerprint density at radius 1 is 1.15 bits per heavy atom. The quantitative estimate of drug-likeness (QED) is 0.312. The van der Waals surface area contributed by atoms with Crippen molar-refractivity contribution in [3.8, 4) is 5.75 Å². The highest BCUT2D eigenvalue weighted by atomic mass is 127. The Morgan fingerprint density at radius 3 is 2.35 bits per heavy atom. The highest BCUT2D eigenvalue weighted by Crippen LogP contribution is 2.50. The van der Waals surface area contributed by atoms with Gasteiger partial charge >= 0.3 is 0 Å². The molecule has 0 amide bonds. The summed E-state index contributed by atoms with van der Waals surface area (Å²) in [6.07, 6.45) is -0.349. The lowest BCUT2D eigenvalue weighted by Crippen LogP contribution is -2.36. The standard InChI is InChI=1S/C22H26F3IN2O5S/c1-12(2)33-14(11-29)10-22(6-7-22)34(30,31)28-20-18(32-3)9-16(24)19(25)21(20)27-17-5-4-13(26)8-15(17)23/h4-5,8-9,12,14,27-29H,6-7,10-11H2,1-3H3/t14-/m0/s1. The van der Waals surface area contributed by atoms with Crippen molar-refractivity contribution in [1.82, 2.24) is 0 Å². The van der Waals surface area contributed by atoms with Gasteiger partial charge in [0, 0.05) is 9.64 Å². The molecule has 0 radical (unpaired) electrons. The van der Waals surface area contributed by atoms with Crippen LogP contribution >= 0.6 is 22.6 Å². The van der Waals surface area contributed by atoms with Gasteiger partial charge in [0.2, 0.25) is 10.0 Å². The maximum Gasteiger partial charge on any atom is 0.238 e. The molecule has 3 N–H and O–H groups in total. The maximum atomic E-state index is 14.9. The number of aliphatic hydroxyl groups is 1. The summed E-state index contributed by atoms with van der Waals surface area (Å²) < 4.78 is 82.7. The van der Waals surface area contributed by atoms with Gasteiger partial charge in [0.25, 0.3) is 0 Å². The number of hydrogen-bond acceptors (Lipinski definition) is 6. The predicted octanol–water partition coefficient (Wildman–Crippen LogP) is 4.91. The summed E-state index contributed by atoms with van der Waals surface area (Å²) in [4.78, 5) is 0. The second-order valence-electron chi connectivity index (χ2n) is 8.36. The van der Waals surface area contributed by atoms with Crippen molar-refractivity contribution in [2.24, 2.45) is 0 Å². The molecular formula is C22H26F3IN2O5S. The fourth-order valence-corrected chi connectivity index (χ4v) is 5.81. The number of nitrogens with one attached hydrogen (secondary N) is 2. The summed E-state index contributed by atoms with van der Waals surface area (Å²) >= 11 is 1.89. The molecule has 0 aliphatic heterocycles. The third-order valence-electron chi connectivity index (χ3n) is 5.48. The van der Waals surface area contributed by atoms with E-state index < -0.39 is 49.7 Å². The van der Waals surface area contributed by atoms with Gasteiger partial charge in [0.1, 0.15) is 22.9 Å². The summed E-state index contributed by atoms with van der Waals surface area (Å²) in [5, 5.41) is 12.1. The van der Waals surface area contributed by atoms with Crippen LogP contribution in [0, 0.1) is 21.0 Å². The zero-order chi connectivity index (χ0) is 25.3. The largest absolute Gasteiger partial charge is 0.494 e. The van der Waals surface area contributed by atoms with Crippen LogP contribution in [-0.2, 0) is 14.8 Å². The van der Waals surface area contributed by atoms with Crippen LogP contribution in [0.5, 0.6) is 5.75 Å². The topological polar surface area (TPSA) is 96.9 Å². The zero-order valence-electron chi connectivity index (χ0n) is 18.8. The van der Waals surface area contributed by atoms with Gasteiger partial charge in [-0.25, -0.2) is 21.6 Å². The molecule has 2 aromatic rings. The Bertz CT molecular complexity index is 1160. The first kappa shape index (κ1) is 26.8. The Kier molecular flexibility index (Phi) is 8.26. The minimum Gasteiger partial charge on any atom is -0.494 e. The van der Waals surface area contributed by atoms with E-state index in [0.717, 1.165) is 0 Å². The van der Waals surface area contributed by atoms with Crippen LogP contribution in [0.1, 0.15) is 33.1 Å². The van der Waals surface area contributed by atoms with Gasteiger partial charge in [-0.05, 0) is 73.9 Å². The molecule has 188 valence electrons. The van der Waals surface area contributed by atoms with E-state index in [-0.39, 0.29) is 30.6 Å². The van der Waals surface area contributed by atoms with Crippen LogP contribution in [0.4, 0.5) is 30.2 Å². The summed E-state index contributed by atoms with van der Waals surface area (Å²) in [7, 11) is -3.01. The average Bonchev–Trinajstić information content (AvgIpc) is 3.55. The van der Waals surface area contributed by atoms with Gasteiger partial charge in [0.05, 0.1) is 36.4 Å². The molecule has 0 spiro atoms. The number of sulfonamides is 1. The van der Waals surface area contributed by atoms with Crippen molar-refractivity contribution in [3.63, 3.8) is 0 Å². The third-order valence-corrected chi connectivity index (χ3v) is 8.34. The molecule has 0 bridgehead atoms. The highest BCUT2D eigenvalue weighted by molar-refractivity contribution is 14.1. The first-order valence-electron chi connectivity index (χ1n) is 10.5. The van der Waals surface area contributed by atoms with Crippen molar-refractivity contribution >= 4 is 49.7 Å². The summed E-state index contributed by atoms with van der Waals surface area (Å²) in [5.41, 5.74) is -1.19. The first-order chi connectivity index (χ1) is 15.9. The molecule has 3 rings (SSSR count). The Labute approximate surface area is 210 Å². The average molecular weight is 614 g/mol. The second kappa shape index (κ2) is 10.5. The normalized spacial score (nSPS) is 15.8. The Hall–Kier alpha value is -1.77. The molecule has 1 atom stereocenters. The molecule has 34 heavy (non-hydrogen) atoms. The van der Waals surface area contributed by atoms with Crippen LogP contribution in [0.2, 0.25) is 0 Å². The number of rotatable bonds is 11. The number of benzene rings is 2. The molecule has 1 aliphatic carbocycles. The minimum absolute atomic E-state index is 0.0114. The number of hydrogen-bond donors (Lipinski definition) is 3. The predicted molar refractivity (Wildman–Crippen MR) is 132 cm³/mol. The van der Waals surface area contributed by atoms with Gasteiger partial charge < -0.3 is 19.9 Å². The number of halogens is 4. The molecule has 2 aromatic carbocycles. The van der Waals surface area contributed by atoms with E-state index >= 15 is 0 Å². The van der Waals surface area contributed by atoms with E-state index in [1.54, 1.807) is 19.9 Å². The Morgan fingerprint density at radius 2 is 1.82 bits per heavy atom. The molecule has 0 saturated heterocycles. The van der Waals surface area contributed by atoms with Crippen molar-refractivity contribution in [2.75, 3.05) is 23.8 Å². The minimum atomic E-state index is -4.18. The van der Waals surface area contributed by atoms with Crippen molar-refractivity contribution in [2.45, 2.75) is 50.1 Å². The van der Waals surface area contributed by atoms with E-state index in [1.165, 1.54) is 19.2 Å². The van der Waals surface area contributed by atoms with Crippen LogP contribution in [0.25, 0.3) is 0 Å². The molecule has 1 saturated carbocycles. The maximum absolute atomic E-state index is 14.9. The van der Waals surface area contributed by atoms with Gasteiger partial charge in [-0.3, -0.25) is 4.72 Å². The molecular weight excluding hydrogens is 588 g/mol. The van der Waals surface area contributed by atoms with Crippen molar-refractivity contribution in [3.05, 3.63) is 45.3 Å². The molecule has 1 fully saturated rings. The lowest BCUT2D eigenvalue weighted by atomic mass is 10.2. The summed E-state index contributed by atoms with van der Waals surface area (Å²) in [5.74, 6) is -3.74. The van der Waals surface area contributed by atoms with Gasteiger partial charge in [-0.15, -0.1) is 0 Å². The lowest BCUT2D eigenvalue weighted by molar-refractivity contribution is -0.0283. The van der Waals surface area contributed by atoms with Gasteiger partial charge in [-0.1, -0.05) is 0 Å². The van der Waals surface area contributed by atoms with E-state index in [2.05, 4.69) is 10.0 Å². The van der Waals surface area contributed by atoms with E-state index in [0.29, 0.717) is 22.5 Å². The number of anilines is 3. The monoisotopic (exact) mass is 614 g/mol. The van der Waals surface area contributed by atoms with E-state index in [1.807, 2.05) is 22.6 Å². The van der Waals surface area contributed by atoms with Gasteiger partial charge in [-0.2, -0.15) is 0 Å². The van der Waals surface area contributed by atoms with Gasteiger partial charge in [0.15, 0.2) is 11.6 Å². The van der Waals surface area contributed by atoms with Crippen LogP contribution in [0.3, 0.4) is 0 Å². The number of methoxy groups -OCH3 is 1. The smallest absolute Gasteiger partial charge is 0.238 e. The second-order valence-corrected chi connectivity index (χ2v) is 11.7. The van der Waals surface area contributed by atoms with E-state index in [4.69, 9.17) is 9.47 Å². The first-order valence-corrected chi connectivity index (χ1v) is 13.1. The molecule has 0 aromatic heterocycles. The Balaban J connectivity index is 2.01. The summed E-state index contributed by atoms with van der Waals surface area (Å²) in [6.45, 7) is 3.16. The SMILES string of the molecule is COc1cc(F)c(F)c(Nc2ccc(I)cc2F)c1NS(=O)(=O)C1(C[C@@H](CO)OC(C)C)CC1. The molecule has 12 heteroatoms. The van der Waals surface area contributed by atoms with E-state index in [9.17, 15) is 26.7 Å². The lowest BCUT2D eigenvalue weighted by Gasteiger charge is -2.26. The molecule has 1 aliphatic rings. The summed E-state index contributed by atoms with van der Waals surface area (Å²) in [6, 6.07) is 4.77. The molecule has 0 unspecified atom stereocenters. The van der Waals surface area contributed by atoms with Crippen LogP contribution < -0.4 is 14.8 Å². The van der Waals surface area contributed by atoms with Crippen molar-refractivity contribution in [1.29, 1.82) is 0 Å². The molecule has 7 nitrogen and oxygen atoms in total. The fraction of sp³-hybridized carbons (Fsp3) is 0.455. The zero-order valence-corrected chi connectivity index (χ0v) is 21.8. The van der Waals surface area contributed by atoms with Crippen LogP contribution in [-0.4, -0.2) is 44.2 Å².